The van der Waals surface area contributed by atoms with Crippen LogP contribution in [-0.2, 0) is 4.79 Å². The number of nitrogens with one attached hydrogen (secondary N) is 1. The van der Waals surface area contributed by atoms with E-state index >= 15 is 0 Å². The summed E-state index contributed by atoms with van der Waals surface area (Å²) in [5.41, 5.74) is 4.05. The summed E-state index contributed by atoms with van der Waals surface area (Å²) in [7, 11) is 0. The molecule has 0 radical (unpaired) electrons. The number of nitrogens with zero attached hydrogens (tertiary/aromatic N) is 1. The molecule has 1 aliphatic rings. The molecule has 1 N–H and O–H groups in total. The fourth-order valence-electron chi connectivity index (χ4n) is 1.64. The van der Waals surface area contributed by atoms with Gasteiger partial charge in [-0.2, -0.15) is 5.10 Å². The summed E-state index contributed by atoms with van der Waals surface area (Å²) in [6.07, 6.45) is 3.28. The molecule has 16 heavy (non-hydrogen) atoms. The number of carbonyl (C=O) groups is 1. The molecular formula is C12H13FN2O. The number of hydrogen-bond donors (Lipinski definition) is 1. The largest absolute Gasteiger partial charge is 0.293 e. The fraction of sp³-hybridized carbons (Fsp3) is 0.333. The van der Waals surface area contributed by atoms with Crippen LogP contribution in [-0.4, -0.2) is 11.5 Å². The average molecular weight is 220 g/mol. The summed E-state index contributed by atoms with van der Waals surface area (Å²) < 4.78 is 12.6. The summed E-state index contributed by atoms with van der Waals surface area (Å²) in [6, 6.07) is 5.88. The summed E-state index contributed by atoms with van der Waals surface area (Å²) >= 11 is 0. The number of hydrazone groups is 1. The number of carbonyl (C=O) groups excluding carboxylic acids is 1. The lowest BCUT2D eigenvalue weighted by molar-refractivity contribution is -0.113. The van der Waals surface area contributed by atoms with Crippen molar-refractivity contribution in [2.75, 3.05) is 5.43 Å². The topological polar surface area (TPSA) is 41.5 Å². The van der Waals surface area contributed by atoms with Crippen LogP contribution in [0.1, 0.15) is 25.7 Å². The van der Waals surface area contributed by atoms with E-state index < -0.39 is 0 Å². The van der Waals surface area contributed by atoms with Crippen LogP contribution in [0.2, 0.25) is 0 Å². The van der Waals surface area contributed by atoms with Gasteiger partial charge in [0, 0.05) is 6.42 Å². The lowest BCUT2D eigenvalue weighted by atomic mass is 9.97. The van der Waals surface area contributed by atoms with E-state index in [0.717, 1.165) is 19.3 Å². The van der Waals surface area contributed by atoms with Crippen LogP contribution in [0.3, 0.4) is 0 Å². The maximum atomic E-state index is 12.6. The number of rotatable bonds is 2. The Kier molecular flexibility index (Phi) is 3.29. The van der Waals surface area contributed by atoms with Crippen LogP contribution >= 0.6 is 0 Å². The van der Waals surface area contributed by atoms with Gasteiger partial charge in [0.25, 0.3) is 0 Å². The second kappa shape index (κ2) is 4.88. The van der Waals surface area contributed by atoms with Crippen molar-refractivity contribution in [1.82, 2.24) is 0 Å². The number of Topliss-reactive ketones (excluding diaryl/α,β-unsaturated/α-hetero) is 1. The van der Waals surface area contributed by atoms with Gasteiger partial charge in [-0.15, -0.1) is 0 Å². The van der Waals surface area contributed by atoms with Crippen molar-refractivity contribution >= 4 is 17.2 Å². The molecule has 0 atom stereocenters. The Balaban J connectivity index is 2.02. The Bertz CT molecular complexity index is 412. The molecular weight excluding hydrogens is 207 g/mol. The van der Waals surface area contributed by atoms with Crippen molar-refractivity contribution in [1.29, 1.82) is 0 Å². The molecule has 0 heterocycles. The van der Waals surface area contributed by atoms with Crippen molar-refractivity contribution in [2.24, 2.45) is 5.10 Å². The van der Waals surface area contributed by atoms with E-state index in [1.807, 2.05) is 0 Å². The minimum atomic E-state index is -0.285. The lowest BCUT2D eigenvalue weighted by Crippen LogP contribution is -2.19. The van der Waals surface area contributed by atoms with E-state index in [4.69, 9.17) is 0 Å². The van der Waals surface area contributed by atoms with Gasteiger partial charge >= 0.3 is 0 Å². The van der Waals surface area contributed by atoms with Crippen LogP contribution in [0.25, 0.3) is 0 Å². The Labute approximate surface area is 93.4 Å². The first-order chi connectivity index (χ1) is 7.75. The molecule has 0 bridgehead atoms. The minimum absolute atomic E-state index is 0.112. The summed E-state index contributed by atoms with van der Waals surface area (Å²) in [5, 5.41) is 4.06. The van der Waals surface area contributed by atoms with E-state index in [1.54, 1.807) is 12.1 Å². The van der Waals surface area contributed by atoms with E-state index in [9.17, 15) is 9.18 Å². The molecule has 3 nitrogen and oxygen atoms in total. The highest BCUT2D eigenvalue weighted by atomic mass is 19.1. The Hall–Kier alpha value is -1.71. The third-order valence-corrected chi connectivity index (χ3v) is 2.55. The molecule has 0 spiro atoms. The third kappa shape index (κ3) is 2.66. The molecule has 1 aliphatic carbocycles. The van der Waals surface area contributed by atoms with E-state index in [-0.39, 0.29) is 11.6 Å². The lowest BCUT2D eigenvalue weighted by Gasteiger charge is -2.11. The standard InChI is InChI=1S/C12H13FN2O/c13-9-5-7-10(8-6-9)14-15-11-3-1-2-4-12(11)16/h5-8,14H,1-4H2/b15-11-. The first-order valence-electron chi connectivity index (χ1n) is 5.37. The number of anilines is 1. The predicted octanol–water partition coefficient (Wildman–Crippen LogP) is 2.74. The molecule has 0 aromatic heterocycles. The number of hydrogen-bond acceptors (Lipinski definition) is 3. The monoisotopic (exact) mass is 220 g/mol. The summed E-state index contributed by atoms with van der Waals surface area (Å²) in [4.78, 5) is 11.4. The van der Waals surface area contributed by atoms with Crippen LogP contribution in [0, 0.1) is 5.82 Å². The third-order valence-electron chi connectivity index (χ3n) is 2.55. The van der Waals surface area contributed by atoms with Gasteiger partial charge in [0.15, 0.2) is 5.78 Å². The first-order valence-corrected chi connectivity index (χ1v) is 5.37. The molecule has 1 fully saturated rings. The van der Waals surface area contributed by atoms with E-state index in [2.05, 4.69) is 10.5 Å². The second-order valence-electron chi connectivity index (χ2n) is 3.81. The fourth-order valence-corrected chi connectivity index (χ4v) is 1.64. The normalized spacial score (nSPS) is 18.8. The molecule has 1 aromatic carbocycles. The molecule has 2 rings (SSSR count). The van der Waals surface area contributed by atoms with Crippen molar-refractivity contribution in [3.05, 3.63) is 30.1 Å². The van der Waals surface area contributed by atoms with Gasteiger partial charge in [-0.25, -0.2) is 4.39 Å². The Morgan fingerprint density at radius 2 is 1.81 bits per heavy atom. The van der Waals surface area contributed by atoms with Gasteiger partial charge in [0.05, 0.1) is 5.69 Å². The highest BCUT2D eigenvalue weighted by Crippen LogP contribution is 2.13. The zero-order valence-corrected chi connectivity index (χ0v) is 8.87. The molecule has 84 valence electrons. The molecule has 0 unspecified atom stereocenters. The molecule has 0 aliphatic heterocycles. The van der Waals surface area contributed by atoms with Gasteiger partial charge < -0.3 is 0 Å². The maximum absolute atomic E-state index is 12.6. The number of benzene rings is 1. The molecule has 0 saturated heterocycles. The molecule has 4 heteroatoms. The molecule has 1 aromatic rings. The van der Waals surface area contributed by atoms with Gasteiger partial charge in [0.1, 0.15) is 11.5 Å². The van der Waals surface area contributed by atoms with Crippen LogP contribution in [0.5, 0.6) is 0 Å². The average Bonchev–Trinajstić information content (AvgIpc) is 2.30. The highest BCUT2D eigenvalue weighted by Gasteiger charge is 2.16. The van der Waals surface area contributed by atoms with Crippen LogP contribution in [0.15, 0.2) is 29.4 Å². The minimum Gasteiger partial charge on any atom is -0.293 e. The van der Waals surface area contributed by atoms with Gasteiger partial charge in [0.2, 0.25) is 0 Å². The van der Waals surface area contributed by atoms with Gasteiger partial charge in [-0.05, 0) is 43.5 Å². The zero-order chi connectivity index (χ0) is 11.4. The zero-order valence-electron chi connectivity index (χ0n) is 8.87. The quantitative estimate of drug-likeness (QED) is 0.778. The van der Waals surface area contributed by atoms with E-state index in [1.165, 1.54) is 12.1 Å². The number of halogens is 1. The Morgan fingerprint density at radius 1 is 1.12 bits per heavy atom. The number of ketones is 1. The van der Waals surface area contributed by atoms with Gasteiger partial charge in [-0.1, -0.05) is 0 Å². The van der Waals surface area contributed by atoms with Crippen molar-refractivity contribution in [2.45, 2.75) is 25.7 Å². The predicted molar refractivity (Wildman–Crippen MR) is 60.9 cm³/mol. The van der Waals surface area contributed by atoms with Crippen molar-refractivity contribution in [3.8, 4) is 0 Å². The van der Waals surface area contributed by atoms with Crippen LogP contribution in [0.4, 0.5) is 10.1 Å². The molecule has 0 amide bonds. The summed E-state index contributed by atoms with van der Waals surface area (Å²) in [6.45, 7) is 0. The SMILES string of the molecule is O=C1CCCC/C1=N/Nc1ccc(F)cc1. The highest BCUT2D eigenvalue weighted by molar-refractivity contribution is 6.40. The van der Waals surface area contributed by atoms with Gasteiger partial charge in [-0.3, -0.25) is 10.2 Å². The van der Waals surface area contributed by atoms with Crippen molar-refractivity contribution < 1.29 is 9.18 Å². The second-order valence-corrected chi connectivity index (χ2v) is 3.81. The van der Waals surface area contributed by atoms with Crippen molar-refractivity contribution in [3.63, 3.8) is 0 Å². The first kappa shape index (κ1) is 10.8. The molecule has 1 saturated carbocycles. The summed E-state index contributed by atoms with van der Waals surface area (Å²) in [5.74, 6) is -0.173. The Morgan fingerprint density at radius 3 is 2.50 bits per heavy atom. The smallest absolute Gasteiger partial charge is 0.178 e. The van der Waals surface area contributed by atoms with Crippen LogP contribution < -0.4 is 5.43 Å². The maximum Gasteiger partial charge on any atom is 0.178 e. The van der Waals surface area contributed by atoms with E-state index in [0.29, 0.717) is 17.8 Å².